The molecule has 3 aromatic rings. The molecule has 5 nitrogen and oxygen atoms in total. The topological polar surface area (TPSA) is 64.3 Å². The maximum atomic E-state index is 12.9. The molecular formula is C20H19BrN2O3. The smallest absolute Gasteiger partial charge is 0.268 e. The number of methoxy groups -OCH3 is 1. The number of aromatic hydroxyl groups is 1. The van der Waals surface area contributed by atoms with Crippen LogP contribution in [0.3, 0.4) is 0 Å². The number of rotatable bonds is 6. The Morgan fingerprint density at radius 3 is 2.50 bits per heavy atom. The van der Waals surface area contributed by atoms with Crippen LogP contribution in [0.4, 0.5) is 0 Å². The van der Waals surface area contributed by atoms with Crippen LogP contribution in [-0.2, 0) is 24.3 Å². The summed E-state index contributed by atoms with van der Waals surface area (Å²) in [6, 6.07) is 16.8. The molecule has 0 spiro atoms. The number of ether oxygens (including phenoxy) is 1. The quantitative estimate of drug-likeness (QED) is 0.666. The van der Waals surface area contributed by atoms with Crippen LogP contribution in [0.1, 0.15) is 11.3 Å². The van der Waals surface area contributed by atoms with E-state index in [4.69, 9.17) is 4.74 Å². The van der Waals surface area contributed by atoms with E-state index in [0.717, 1.165) is 5.56 Å². The molecule has 0 saturated heterocycles. The third-order valence-electron chi connectivity index (χ3n) is 4.08. The number of aryl methyl sites for hydroxylation is 1. The van der Waals surface area contributed by atoms with Gasteiger partial charge in [0.15, 0.2) is 0 Å². The Labute approximate surface area is 160 Å². The van der Waals surface area contributed by atoms with E-state index < -0.39 is 0 Å². The molecule has 134 valence electrons. The second kappa shape index (κ2) is 8.29. The summed E-state index contributed by atoms with van der Waals surface area (Å²) >= 11 is 3.35. The normalized spacial score (nSPS) is 10.8. The molecule has 0 aliphatic heterocycles. The van der Waals surface area contributed by atoms with Crippen LogP contribution in [0.25, 0.3) is 11.4 Å². The average molecular weight is 415 g/mol. The van der Waals surface area contributed by atoms with Crippen molar-refractivity contribution in [2.45, 2.75) is 19.6 Å². The van der Waals surface area contributed by atoms with Crippen molar-refractivity contribution in [2.75, 3.05) is 7.11 Å². The zero-order valence-electron chi connectivity index (χ0n) is 14.4. The molecule has 0 saturated carbocycles. The summed E-state index contributed by atoms with van der Waals surface area (Å²) in [5, 5.41) is 10.3. The van der Waals surface area contributed by atoms with E-state index in [1.807, 2.05) is 30.3 Å². The molecule has 0 bridgehead atoms. The molecule has 0 amide bonds. The average Bonchev–Trinajstić information content (AvgIpc) is 2.66. The zero-order chi connectivity index (χ0) is 18.5. The van der Waals surface area contributed by atoms with Crippen molar-refractivity contribution in [3.8, 4) is 17.1 Å². The fourth-order valence-electron chi connectivity index (χ4n) is 2.77. The van der Waals surface area contributed by atoms with Crippen LogP contribution in [0.5, 0.6) is 5.75 Å². The number of phenolic OH excluding ortho intramolecular Hbond substituents is 1. The second-order valence-electron chi connectivity index (χ2n) is 5.84. The van der Waals surface area contributed by atoms with Gasteiger partial charge in [-0.3, -0.25) is 9.36 Å². The summed E-state index contributed by atoms with van der Waals surface area (Å²) in [5.41, 5.74) is 1.95. The van der Waals surface area contributed by atoms with E-state index in [1.54, 1.807) is 35.9 Å². The third-order valence-corrected chi connectivity index (χ3v) is 4.87. The second-order valence-corrected chi connectivity index (χ2v) is 6.63. The molecule has 26 heavy (non-hydrogen) atoms. The first-order chi connectivity index (χ1) is 12.6. The number of hydrogen-bond donors (Lipinski definition) is 1. The van der Waals surface area contributed by atoms with Gasteiger partial charge in [-0.25, -0.2) is 4.98 Å². The van der Waals surface area contributed by atoms with Crippen LogP contribution in [0.15, 0.2) is 63.9 Å². The Hall–Kier alpha value is -2.44. The minimum absolute atomic E-state index is 0.0820. The van der Waals surface area contributed by atoms with Gasteiger partial charge in [0.1, 0.15) is 16.0 Å². The largest absolute Gasteiger partial charge is 0.507 e. The van der Waals surface area contributed by atoms with Gasteiger partial charge < -0.3 is 9.84 Å². The highest BCUT2D eigenvalue weighted by molar-refractivity contribution is 9.10. The predicted molar refractivity (Wildman–Crippen MR) is 104 cm³/mol. The zero-order valence-corrected chi connectivity index (χ0v) is 15.9. The monoisotopic (exact) mass is 414 g/mol. The molecule has 0 radical (unpaired) electrons. The van der Waals surface area contributed by atoms with Crippen LogP contribution in [0.2, 0.25) is 0 Å². The van der Waals surface area contributed by atoms with Crippen LogP contribution < -0.4 is 5.56 Å². The maximum Gasteiger partial charge on any atom is 0.268 e. The van der Waals surface area contributed by atoms with Gasteiger partial charge >= 0.3 is 0 Å². The van der Waals surface area contributed by atoms with Gasteiger partial charge in [-0.05, 0) is 40.0 Å². The van der Waals surface area contributed by atoms with Crippen molar-refractivity contribution in [1.29, 1.82) is 0 Å². The van der Waals surface area contributed by atoms with Gasteiger partial charge in [0.25, 0.3) is 5.56 Å². The van der Waals surface area contributed by atoms with Crippen LogP contribution in [0, 0.1) is 0 Å². The van der Waals surface area contributed by atoms with Gasteiger partial charge in [-0.15, -0.1) is 0 Å². The van der Waals surface area contributed by atoms with Gasteiger partial charge in [0, 0.05) is 13.7 Å². The molecule has 6 heteroatoms. The summed E-state index contributed by atoms with van der Waals surface area (Å²) in [5.74, 6) is 0.512. The highest BCUT2D eigenvalue weighted by Crippen LogP contribution is 2.28. The number of para-hydroxylation sites is 1. The molecule has 1 heterocycles. The van der Waals surface area contributed by atoms with E-state index in [2.05, 4.69) is 20.9 Å². The molecule has 0 unspecified atom stereocenters. The van der Waals surface area contributed by atoms with Crippen molar-refractivity contribution in [1.82, 2.24) is 9.55 Å². The van der Waals surface area contributed by atoms with Crippen molar-refractivity contribution in [3.63, 3.8) is 0 Å². The number of nitrogens with zero attached hydrogens (tertiary/aromatic N) is 2. The highest BCUT2D eigenvalue weighted by atomic mass is 79.9. The Morgan fingerprint density at radius 1 is 1.12 bits per heavy atom. The van der Waals surface area contributed by atoms with Crippen molar-refractivity contribution < 1.29 is 9.84 Å². The fraction of sp³-hybridized carbons (Fsp3) is 0.200. The summed E-state index contributed by atoms with van der Waals surface area (Å²) in [7, 11) is 1.55. The van der Waals surface area contributed by atoms with Gasteiger partial charge in [-0.2, -0.15) is 0 Å². The van der Waals surface area contributed by atoms with Crippen molar-refractivity contribution in [3.05, 3.63) is 80.7 Å². The Bertz CT molecular complexity index is 955. The summed E-state index contributed by atoms with van der Waals surface area (Å²) in [6.07, 6.45) is 0.680. The van der Waals surface area contributed by atoms with Crippen molar-refractivity contribution >= 4 is 15.9 Å². The van der Waals surface area contributed by atoms with E-state index in [-0.39, 0.29) is 17.9 Å². The molecule has 0 atom stereocenters. The highest BCUT2D eigenvalue weighted by Gasteiger charge is 2.18. The van der Waals surface area contributed by atoms with Crippen LogP contribution >= 0.6 is 15.9 Å². The minimum atomic E-state index is -0.193. The molecule has 3 rings (SSSR count). The molecule has 0 aliphatic rings. The lowest BCUT2D eigenvalue weighted by atomic mass is 10.1. The number of benzene rings is 2. The minimum Gasteiger partial charge on any atom is -0.507 e. The first kappa shape index (κ1) is 18.4. The molecule has 0 aliphatic carbocycles. The molecule has 1 N–H and O–H groups in total. The van der Waals surface area contributed by atoms with E-state index >= 15 is 0 Å². The first-order valence-electron chi connectivity index (χ1n) is 8.22. The number of aromatic nitrogens is 2. The Balaban J connectivity index is 2.10. The van der Waals surface area contributed by atoms with Crippen molar-refractivity contribution in [2.24, 2.45) is 0 Å². The van der Waals surface area contributed by atoms with E-state index in [9.17, 15) is 9.90 Å². The Morgan fingerprint density at radius 2 is 1.81 bits per heavy atom. The summed E-state index contributed by atoms with van der Waals surface area (Å²) < 4.78 is 7.12. The number of phenols is 1. The third kappa shape index (κ3) is 3.86. The summed E-state index contributed by atoms with van der Waals surface area (Å²) in [6.45, 7) is 0.654. The molecule has 2 aromatic carbocycles. The SMILES string of the molecule is COCc1nc(-c2ccccc2O)n(CCc2ccccc2)c(=O)c1Br. The first-order valence-corrected chi connectivity index (χ1v) is 9.01. The molecule has 0 fully saturated rings. The number of hydrogen-bond acceptors (Lipinski definition) is 4. The molecule has 1 aromatic heterocycles. The summed E-state index contributed by atoms with van der Waals surface area (Å²) in [4.78, 5) is 17.5. The fourth-order valence-corrected chi connectivity index (χ4v) is 3.19. The predicted octanol–water partition coefficient (Wildman–Crippen LogP) is 3.77. The lowest BCUT2D eigenvalue weighted by Gasteiger charge is -2.16. The van der Waals surface area contributed by atoms with Gasteiger partial charge in [-0.1, -0.05) is 42.5 Å². The van der Waals surface area contributed by atoms with E-state index in [1.165, 1.54) is 0 Å². The maximum absolute atomic E-state index is 12.9. The lowest BCUT2D eigenvalue weighted by Crippen LogP contribution is -2.26. The number of halogens is 1. The van der Waals surface area contributed by atoms with E-state index in [0.29, 0.717) is 34.5 Å². The van der Waals surface area contributed by atoms with Gasteiger partial charge in [0.05, 0.1) is 17.9 Å². The molecular weight excluding hydrogens is 396 g/mol. The van der Waals surface area contributed by atoms with Crippen LogP contribution in [-0.4, -0.2) is 21.8 Å². The lowest BCUT2D eigenvalue weighted by molar-refractivity contribution is 0.180. The standard InChI is InChI=1S/C20H19BrN2O3/c1-26-13-16-18(21)20(25)23(12-11-14-7-3-2-4-8-14)19(22-16)15-9-5-6-10-17(15)24/h2-10,24H,11-13H2,1H3. The Kier molecular flexibility index (Phi) is 5.85. The van der Waals surface area contributed by atoms with Gasteiger partial charge in [0.2, 0.25) is 0 Å².